The molecule has 25 heavy (non-hydrogen) atoms. The van der Waals surface area contributed by atoms with Gasteiger partial charge in [0.05, 0.1) is 6.54 Å². The fourth-order valence-electron chi connectivity index (χ4n) is 2.95. The quantitative estimate of drug-likeness (QED) is 0.779. The second-order valence-corrected chi connectivity index (χ2v) is 5.85. The third-order valence-electron chi connectivity index (χ3n) is 4.30. The van der Waals surface area contributed by atoms with Gasteiger partial charge in [-0.25, -0.2) is 0 Å². The van der Waals surface area contributed by atoms with Crippen molar-refractivity contribution in [1.82, 2.24) is 30.8 Å². The molecule has 1 saturated heterocycles. The Labute approximate surface area is 142 Å². The lowest BCUT2D eigenvalue weighted by Crippen LogP contribution is -2.39. The number of benzene rings is 1. The van der Waals surface area contributed by atoms with Crippen molar-refractivity contribution in [2.45, 2.75) is 12.3 Å². The first kappa shape index (κ1) is 15.4. The zero-order chi connectivity index (χ0) is 17.2. The van der Waals surface area contributed by atoms with Crippen LogP contribution in [-0.4, -0.2) is 63.8 Å². The molecular weight excluding hydrogens is 328 g/mol. The van der Waals surface area contributed by atoms with Gasteiger partial charge in [0.25, 0.3) is 5.91 Å². The molecular formula is C15H16N6O4. The minimum atomic E-state index is -0.333. The van der Waals surface area contributed by atoms with Crippen molar-refractivity contribution in [1.29, 1.82) is 0 Å². The largest absolute Gasteiger partial charge is 0.454 e. The molecule has 0 bridgehead atoms. The van der Waals surface area contributed by atoms with Crippen molar-refractivity contribution in [2.75, 3.05) is 26.4 Å². The Morgan fingerprint density at radius 2 is 2.20 bits per heavy atom. The van der Waals surface area contributed by atoms with Gasteiger partial charge in [-0.15, -0.1) is 10.2 Å². The van der Waals surface area contributed by atoms with E-state index in [1.807, 2.05) is 0 Å². The highest BCUT2D eigenvalue weighted by atomic mass is 16.7. The van der Waals surface area contributed by atoms with E-state index in [1.165, 1.54) is 0 Å². The predicted molar refractivity (Wildman–Crippen MR) is 83.0 cm³/mol. The first-order valence-corrected chi connectivity index (χ1v) is 7.89. The third-order valence-corrected chi connectivity index (χ3v) is 4.30. The summed E-state index contributed by atoms with van der Waals surface area (Å²) in [5, 5.41) is 16.5. The van der Waals surface area contributed by atoms with E-state index in [0.717, 1.165) is 6.42 Å². The second-order valence-electron chi connectivity index (χ2n) is 5.85. The lowest BCUT2D eigenvalue weighted by atomic mass is 10.1. The number of tetrazole rings is 1. The molecule has 2 aliphatic rings. The Kier molecular flexibility index (Phi) is 3.92. The first-order chi connectivity index (χ1) is 12.2. The van der Waals surface area contributed by atoms with E-state index in [2.05, 4.69) is 25.9 Å². The van der Waals surface area contributed by atoms with Crippen LogP contribution < -0.4 is 14.8 Å². The summed E-state index contributed by atoms with van der Waals surface area (Å²) in [4.78, 5) is 26.2. The fraction of sp³-hybridized carbons (Fsp3) is 0.400. The van der Waals surface area contributed by atoms with Crippen molar-refractivity contribution in [2.24, 2.45) is 0 Å². The highest BCUT2D eigenvalue weighted by molar-refractivity contribution is 5.97. The number of aromatic nitrogens is 4. The Morgan fingerprint density at radius 3 is 3.04 bits per heavy atom. The minimum Gasteiger partial charge on any atom is -0.454 e. The third kappa shape index (κ3) is 3.10. The summed E-state index contributed by atoms with van der Waals surface area (Å²) in [5.74, 6) is 1.35. The Hall–Kier alpha value is -3.17. The molecule has 3 heterocycles. The van der Waals surface area contributed by atoms with Crippen LogP contribution >= 0.6 is 0 Å². The Bertz CT molecular complexity index is 793. The highest BCUT2D eigenvalue weighted by Crippen LogP contribution is 2.32. The number of ether oxygens (including phenoxy) is 2. The number of likely N-dealkylation sites (tertiary alicyclic amines) is 1. The summed E-state index contributed by atoms with van der Waals surface area (Å²) in [7, 11) is 0. The van der Waals surface area contributed by atoms with Gasteiger partial charge < -0.3 is 19.7 Å². The maximum Gasteiger partial charge on any atom is 0.251 e. The van der Waals surface area contributed by atoms with E-state index in [4.69, 9.17) is 9.47 Å². The van der Waals surface area contributed by atoms with Crippen molar-refractivity contribution in [3.05, 3.63) is 29.6 Å². The normalized spacial score (nSPS) is 18.4. The lowest BCUT2D eigenvalue weighted by Gasteiger charge is -2.16. The number of rotatable bonds is 4. The van der Waals surface area contributed by atoms with Crippen molar-refractivity contribution in [3.63, 3.8) is 0 Å². The average molecular weight is 344 g/mol. The molecule has 130 valence electrons. The van der Waals surface area contributed by atoms with Gasteiger partial charge >= 0.3 is 0 Å². The highest BCUT2D eigenvalue weighted by Gasteiger charge is 2.29. The summed E-state index contributed by atoms with van der Waals surface area (Å²) in [5.41, 5.74) is 0.420. The van der Waals surface area contributed by atoms with E-state index in [1.54, 1.807) is 23.1 Å². The van der Waals surface area contributed by atoms with E-state index < -0.39 is 0 Å². The first-order valence-electron chi connectivity index (χ1n) is 7.89. The molecule has 2 aromatic rings. The van der Waals surface area contributed by atoms with Gasteiger partial charge in [-0.05, 0) is 24.6 Å². The number of carbonyl (C=O) groups is 2. The number of H-pyrrole nitrogens is 1. The summed E-state index contributed by atoms with van der Waals surface area (Å²) in [6.45, 7) is 1.22. The van der Waals surface area contributed by atoms with Gasteiger partial charge in [0, 0.05) is 24.6 Å². The fourth-order valence-corrected chi connectivity index (χ4v) is 2.95. The summed E-state index contributed by atoms with van der Waals surface area (Å²) in [6, 6.07) is 4.91. The van der Waals surface area contributed by atoms with Crippen molar-refractivity contribution >= 4 is 11.8 Å². The van der Waals surface area contributed by atoms with Gasteiger partial charge in [-0.3, -0.25) is 9.59 Å². The van der Waals surface area contributed by atoms with E-state index in [9.17, 15) is 9.59 Å². The molecule has 1 unspecified atom stereocenters. The molecule has 1 atom stereocenters. The molecule has 4 rings (SSSR count). The van der Waals surface area contributed by atoms with Gasteiger partial charge in [-0.1, -0.05) is 5.21 Å². The molecule has 1 fully saturated rings. The summed E-state index contributed by atoms with van der Waals surface area (Å²) >= 11 is 0. The molecule has 1 aromatic heterocycles. The number of amides is 2. The van der Waals surface area contributed by atoms with E-state index in [-0.39, 0.29) is 31.1 Å². The van der Waals surface area contributed by atoms with Crippen LogP contribution in [0.3, 0.4) is 0 Å². The monoisotopic (exact) mass is 344 g/mol. The molecule has 2 amide bonds. The molecule has 2 aliphatic heterocycles. The van der Waals surface area contributed by atoms with Gasteiger partial charge in [0.15, 0.2) is 17.3 Å². The predicted octanol–water partition coefficient (Wildman–Crippen LogP) is -0.326. The lowest BCUT2D eigenvalue weighted by molar-refractivity contribution is -0.129. The zero-order valence-electron chi connectivity index (χ0n) is 13.3. The number of nitrogens with zero attached hydrogens (tertiary/aromatic N) is 4. The van der Waals surface area contributed by atoms with Crippen LogP contribution in [0.4, 0.5) is 0 Å². The minimum absolute atomic E-state index is 0.0633. The smallest absolute Gasteiger partial charge is 0.251 e. The van der Waals surface area contributed by atoms with Crippen LogP contribution in [0, 0.1) is 0 Å². The van der Waals surface area contributed by atoms with Crippen molar-refractivity contribution < 1.29 is 19.1 Å². The molecule has 0 spiro atoms. The summed E-state index contributed by atoms with van der Waals surface area (Å²) < 4.78 is 10.5. The van der Waals surface area contributed by atoms with E-state index in [0.29, 0.717) is 36.0 Å². The average Bonchev–Trinajstić information content (AvgIpc) is 3.38. The van der Waals surface area contributed by atoms with Crippen molar-refractivity contribution in [3.8, 4) is 11.5 Å². The van der Waals surface area contributed by atoms with E-state index >= 15 is 0 Å². The second kappa shape index (κ2) is 6.38. The van der Waals surface area contributed by atoms with Gasteiger partial charge in [0.2, 0.25) is 12.7 Å². The van der Waals surface area contributed by atoms with Gasteiger partial charge in [-0.2, -0.15) is 5.21 Å². The topological polar surface area (TPSA) is 122 Å². The molecule has 0 aliphatic carbocycles. The molecule has 0 radical (unpaired) electrons. The maximum absolute atomic E-state index is 12.3. The van der Waals surface area contributed by atoms with Crippen LogP contribution in [0.2, 0.25) is 0 Å². The molecule has 10 nitrogen and oxygen atoms in total. The number of carbonyl (C=O) groups excluding carboxylic acids is 2. The number of hydrogen-bond acceptors (Lipinski definition) is 7. The molecule has 10 heteroatoms. The molecule has 1 aromatic carbocycles. The number of fused-ring (bicyclic) bond motifs is 1. The SMILES string of the molecule is O=C(NCC(=O)N1CCC(c2nn[nH]n2)C1)c1ccc2c(c1)OCO2. The molecule has 0 saturated carbocycles. The Morgan fingerprint density at radius 1 is 1.32 bits per heavy atom. The zero-order valence-corrected chi connectivity index (χ0v) is 13.3. The van der Waals surface area contributed by atoms with Crippen LogP contribution in [0.5, 0.6) is 11.5 Å². The molecule has 2 N–H and O–H groups in total. The number of nitrogens with one attached hydrogen (secondary N) is 2. The van der Waals surface area contributed by atoms with Crippen LogP contribution in [-0.2, 0) is 4.79 Å². The maximum atomic E-state index is 12.3. The van der Waals surface area contributed by atoms with Crippen LogP contribution in [0.15, 0.2) is 18.2 Å². The number of hydrogen-bond donors (Lipinski definition) is 2. The Balaban J connectivity index is 1.31. The van der Waals surface area contributed by atoms with Crippen LogP contribution in [0.25, 0.3) is 0 Å². The standard InChI is InChI=1S/C15H16N6O4/c22-13(21-4-3-10(7-21)14-17-19-20-18-14)6-16-15(23)9-1-2-11-12(5-9)25-8-24-11/h1-2,5,10H,3-4,6-8H2,(H,16,23)(H,17,18,19,20). The van der Waals surface area contributed by atoms with Crippen LogP contribution in [0.1, 0.15) is 28.5 Å². The summed E-state index contributed by atoms with van der Waals surface area (Å²) in [6.07, 6.45) is 0.779. The number of aromatic amines is 1. The van der Waals surface area contributed by atoms with Gasteiger partial charge in [0.1, 0.15) is 0 Å².